The van der Waals surface area contributed by atoms with Gasteiger partial charge in [-0.3, -0.25) is 4.68 Å². The van der Waals surface area contributed by atoms with Gasteiger partial charge in [-0.2, -0.15) is 18.3 Å². The van der Waals surface area contributed by atoms with Gasteiger partial charge in [0.05, 0.1) is 6.04 Å². The van der Waals surface area contributed by atoms with Crippen LogP contribution in [0.25, 0.3) is 0 Å². The third-order valence-electron chi connectivity index (χ3n) is 2.26. The van der Waals surface area contributed by atoms with Crippen LogP contribution in [0.2, 0.25) is 0 Å². The minimum Gasteiger partial charge on any atom is -0.409 e. The van der Waals surface area contributed by atoms with E-state index < -0.39 is 17.9 Å². The largest absolute Gasteiger partial charge is 0.435 e. The number of alkyl halides is 3. The normalized spacial score (nSPS) is 15.0. The quantitative estimate of drug-likeness (QED) is 0.372. The molecule has 0 amide bonds. The average molecular weight is 250 g/mol. The van der Waals surface area contributed by atoms with Crippen LogP contribution in [0.3, 0.4) is 0 Å². The lowest BCUT2D eigenvalue weighted by Gasteiger charge is -2.13. The first-order valence-corrected chi connectivity index (χ1v) is 4.85. The van der Waals surface area contributed by atoms with E-state index in [9.17, 15) is 13.2 Å². The number of oxime groups is 1. The Morgan fingerprint density at radius 3 is 2.65 bits per heavy atom. The second kappa shape index (κ2) is 4.64. The molecular formula is C9H13F3N4O. The smallest absolute Gasteiger partial charge is 0.409 e. The predicted octanol–water partition coefficient (Wildman–Crippen LogP) is 1.91. The van der Waals surface area contributed by atoms with E-state index in [-0.39, 0.29) is 12.3 Å². The van der Waals surface area contributed by atoms with Gasteiger partial charge in [0.15, 0.2) is 5.69 Å². The maximum Gasteiger partial charge on any atom is 0.435 e. The third-order valence-corrected chi connectivity index (χ3v) is 2.26. The fourth-order valence-electron chi connectivity index (χ4n) is 1.50. The van der Waals surface area contributed by atoms with Crippen LogP contribution >= 0.6 is 0 Å². The van der Waals surface area contributed by atoms with Crippen LogP contribution in [-0.4, -0.2) is 20.8 Å². The van der Waals surface area contributed by atoms with E-state index in [1.165, 1.54) is 11.6 Å². The number of hydrogen-bond donors (Lipinski definition) is 2. The van der Waals surface area contributed by atoms with Gasteiger partial charge < -0.3 is 10.9 Å². The Bertz CT molecular complexity index is 424. The van der Waals surface area contributed by atoms with Crippen molar-refractivity contribution in [1.29, 1.82) is 0 Å². The molecule has 1 aromatic heterocycles. The number of nitrogens with two attached hydrogens (primary N) is 1. The Morgan fingerprint density at radius 2 is 2.24 bits per heavy atom. The number of halogens is 3. The van der Waals surface area contributed by atoms with Crippen molar-refractivity contribution in [3.8, 4) is 0 Å². The molecule has 0 aliphatic rings. The number of rotatable bonds is 3. The van der Waals surface area contributed by atoms with Crippen molar-refractivity contribution in [2.24, 2.45) is 10.9 Å². The maximum atomic E-state index is 12.4. The summed E-state index contributed by atoms with van der Waals surface area (Å²) in [5.41, 5.74) is 4.72. The molecule has 17 heavy (non-hydrogen) atoms. The lowest BCUT2D eigenvalue weighted by atomic mass is 10.2. The van der Waals surface area contributed by atoms with Gasteiger partial charge in [-0.1, -0.05) is 5.16 Å². The summed E-state index contributed by atoms with van der Waals surface area (Å²) in [6.07, 6.45) is -4.34. The van der Waals surface area contributed by atoms with Crippen LogP contribution < -0.4 is 5.73 Å². The molecule has 0 spiro atoms. The second-order valence-electron chi connectivity index (χ2n) is 3.76. The van der Waals surface area contributed by atoms with Gasteiger partial charge >= 0.3 is 6.18 Å². The molecule has 0 aromatic carbocycles. The summed E-state index contributed by atoms with van der Waals surface area (Å²) >= 11 is 0. The van der Waals surface area contributed by atoms with E-state index in [0.717, 1.165) is 6.07 Å². The molecule has 0 bridgehead atoms. The standard InChI is InChI=1S/C9H13F3N4O/c1-5-3-7(9(10,11)12)14-16(5)6(2)4-8(13)15-17/h3,6,17H,4H2,1-2H3,(H2,13,15). The molecule has 3 N–H and O–H groups in total. The molecule has 1 aromatic rings. The SMILES string of the molecule is Cc1cc(C(F)(F)F)nn1C(C)C/C(N)=N\O. The van der Waals surface area contributed by atoms with E-state index >= 15 is 0 Å². The highest BCUT2D eigenvalue weighted by atomic mass is 19.4. The van der Waals surface area contributed by atoms with Gasteiger partial charge in [0.25, 0.3) is 0 Å². The highest BCUT2D eigenvalue weighted by Crippen LogP contribution is 2.29. The lowest BCUT2D eigenvalue weighted by molar-refractivity contribution is -0.141. The number of hydrogen-bond acceptors (Lipinski definition) is 3. The fraction of sp³-hybridized carbons (Fsp3) is 0.556. The highest BCUT2D eigenvalue weighted by molar-refractivity contribution is 5.79. The van der Waals surface area contributed by atoms with Gasteiger partial charge in [0.2, 0.25) is 0 Å². The van der Waals surface area contributed by atoms with Gasteiger partial charge in [0.1, 0.15) is 5.84 Å². The van der Waals surface area contributed by atoms with Gasteiger partial charge in [-0.25, -0.2) is 0 Å². The van der Waals surface area contributed by atoms with Crippen molar-refractivity contribution >= 4 is 5.84 Å². The molecule has 1 unspecified atom stereocenters. The van der Waals surface area contributed by atoms with Crippen LogP contribution in [0.1, 0.15) is 30.8 Å². The zero-order valence-corrected chi connectivity index (χ0v) is 9.36. The molecule has 0 radical (unpaired) electrons. The summed E-state index contributed by atoms with van der Waals surface area (Å²) in [5.74, 6) is -0.0547. The Balaban J connectivity index is 2.95. The zero-order chi connectivity index (χ0) is 13.2. The second-order valence-corrected chi connectivity index (χ2v) is 3.76. The fourth-order valence-corrected chi connectivity index (χ4v) is 1.50. The van der Waals surface area contributed by atoms with E-state index in [4.69, 9.17) is 10.9 Å². The molecule has 0 saturated heterocycles. The van der Waals surface area contributed by atoms with Gasteiger partial charge in [-0.05, 0) is 19.9 Å². The summed E-state index contributed by atoms with van der Waals surface area (Å²) < 4.78 is 38.4. The minimum absolute atomic E-state index is 0.0547. The minimum atomic E-state index is -4.47. The first kappa shape index (κ1) is 13.3. The molecule has 96 valence electrons. The van der Waals surface area contributed by atoms with Crippen LogP contribution in [0.15, 0.2) is 11.2 Å². The summed E-state index contributed by atoms with van der Waals surface area (Å²) in [4.78, 5) is 0. The first-order chi connectivity index (χ1) is 7.75. The van der Waals surface area contributed by atoms with Gasteiger partial charge in [0, 0.05) is 12.1 Å². The summed E-state index contributed by atoms with van der Waals surface area (Å²) in [6, 6.07) is 0.546. The highest BCUT2D eigenvalue weighted by Gasteiger charge is 2.34. The Hall–Kier alpha value is -1.73. The Labute approximate surface area is 95.7 Å². The number of aromatic nitrogens is 2. The molecule has 0 fully saturated rings. The maximum absolute atomic E-state index is 12.4. The van der Waals surface area contributed by atoms with Crippen molar-refractivity contribution in [1.82, 2.24) is 9.78 Å². The molecule has 1 heterocycles. The van der Waals surface area contributed by atoms with Crippen LogP contribution in [0.5, 0.6) is 0 Å². The molecule has 1 rings (SSSR count). The van der Waals surface area contributed by atoms with Crippen LogP contribution in [0, 0.1) is 6.92 Å². The Kier molecular flexibility index (Phi) is 3.64. The van der Waals surface area contributed by atoms with E-state index in [1.807, 2.05) is 0 Å². The summed E-state index contributed by atoms with van der Waals surface area (Å²) in [6.45, 7) is 3.16. The van der Waals surface area contributed by atoms with E-state index in [0.29, 0.717) is 5.69 Å². The number of nitrogens with zero attached hydrogens (tertiary/aromatic N) is 3. The predicted molar refractivity (Wildman–Crippen MR) is 54.7 cm³/mol. The molecule has 8 heteroatoms. The average Bonchev–Trinajstić information content (AvgIpc) is 2.59. The summed E-state index contributed by atoms with van der Waals surface area (Å²) in [5, 5.41) is 14.6. The van der Waals surface area contributed by atoms with Crippen LogP contribution in [-0.2, 0) is 6.18 Å². The molecule has 0 aliphatic carbocycles. The molecule has 1 atom stereocenters. The molecule has 0 aliphatic heterocycles. The lowest BCUT2D eigenvalue weighted by Crippen LogP contribution is -2.20. The van der Waals surface area contributed by atoms with Crippen molar-refractivity contribution < 1.29 is 18.4 Å². The molecule has 0 saturated carbocycles. The third kappa shape index (κ3) is 3.11. The molecular weight excluding hydrogens is 237 g/mol. The first-order valence-electron chi connectivity index (χ1n) is 4.85. The number of amidine groups is 1. The monoisotopic (exact) mass is 250 g/mol. The summed E-state index contributed by atoms with van der Waals surface area (Å²) in [7, 11) is 0. The van der Waals surface area contributed by atoms with Crippen molar-refractivity contribution in [3.05, 3.63) is 17.5 Å². The van der Waals surface area contributed by atoms with Crippen molar-refractivity contribution in [3.63, 3.8) is 0 Å². The Morgan fingerprint density at radius 1 is 1.65 bits per heavy atom. The van der Waals surface area contributed by atoms with Crippen molar-refractivity contribution in [2.75, 3.05) is 0 Å². The van der Waals surface area contributed by atoms with E-state index in [1.54, 1.807) is 6.92 Å². The topological polar surface area (TPSA) is 76.4 Å². The zero-order valence-electron chi connectivity index (χ0n) is 9.36. The number of aryl methyl sites for hydroxylation is 1. The van der Waals surface area contributed by atoms with E-state index in [2.05, 4.69) is 10.3 Å². The molecule has 5 nitrogen and oxygen atoms in total. The van der Waals surface area contributed by atoms with Crippen LogP contribution in [0.4, 0.5) is 13.2 Å². The van der Waals surface area contributed by atoms with Gasteiger partial charge in [-0.15, -0.1) is 0 Å². The van der Waals surface area contributed by atoms with Crippen molar-refractivity contribution in [2.45, 2.75) is 32.5 Å².